The number of aromatic nitrogens is 1. The number of nitrogens with one attached hydrogen (secondary N) is 1. The molecular weight excluding hydrogens is 277 g/mol. The van der Waals surface area contributed by atoms with Crippen LogP contribution in [0.5, 0.6) is 0 Å². The summed E-state index contributed by atoms with van der Waals surface area (Å²) in [6.45, 7) is 4.77. The summed E-state index contributed by atoms with van der Waals surface area (Å²) >= 11 is 0. The van der Waals surface area contributed by atoms with Gasteiger partial charge in [-0.3, -0.25) is 4.98 Å². The molecule has 21 heavy (non-hydrogen) atoms. The van der Waals surface area contributed by atoms with Crippen molar-refractivity contribution in [2.45, 2.75) is 26.1 Å². The standard InChI is InChI=1S/C16H17F3N2/c1-3-21-11(2)12-5-4-6-13(9-12)14-10-20-8-7-15(14)16(17,18)19/h4-11,21H,3H2,1-2H3. The van der Waals surface area contributed by atoms with E-state index in [9.17, 15) is 13.2 Å². The lowest BCUT2D eigenvalue weighted by molar-refractivity contribution is -0.137. The van der Waals surface area contributed by atoms with Gasteiger partial charge in [-0.25, -0.2) is 0 Å². The molecule has 0 fully saturated rings. The summed E-state index contributed by atoms with van der Waals surface area (Å²) in [5, 5.41) is 3.25. The maximum Gasteiger partial charge on any atom is 0.417 e. The molecule has 0 aliphatic rings. The van der Waals surface area contributed by atoms with Gasteiger partial charge in [0.1, 0.15) is 0 Å². The summed E-state index contributed by atoms with van der Waals surface area (Å²) in [5.41, 5.74) is 0.922. The number of nitrogens with zero attached hydrogens (tertiary/aromatic N) is 1. The summed E-state index contributed by atoms with van der Waals surface area (Å²) in [4.78, 5) is 3.83. The van der Waals surface area contributed by atoms with Gasteiger partial charge in [0.15, 0.2) is 0 Å². The Hall–Kier alpha value is -1.88. The van der Waals surface area contributed by atoms with Crippen LogP contribution in [0.15, 0.2) is 42.7 Å². The molecule has 1 heterocycles. The Morgan fingerprint density at radius 1 is 1.24 bits per heavy atom. The third-order valence-corrected chi connectivity index (χ3v) is 3.33. The van der Waals surface area contributed by atoms with E-state index in [0.29, 0.717) is 5.56 Å². The van der Waals surface area contributed by atoms with Crippen molar-refractivity contribution in [3.63, 3.8) is 0 Å². The Balaban J connectivity index is 2.46. The minimum Gasteiger partial charge on any atom is -0.310 e. The lowest BCUT2D eigenvalue weighted by Gasteiger charge is -2.16. The third kappa shape index (κ3) is 3.61. The van der Waals surface area contributed by atoms with E-state index in [2.05, 4.69) is 10.3 Å². The van der Waals surface area contributed by atoms with Gasteiger partial charge < -0.3 is 5.32 Å². The van der Waals surface area contributed by atoms with E-state index in [4.69, 9.17) is 0 Å². The zero-order chi connectivity index (χ0) is 15.5. The summed E-state index contributed by atoms with van der Waals surface area (Å²) in [5.74, 6) is 0. The van der Waals surface area contributed by atoms with Crippen LogP contribution in [0.1, 0.15) is 31.0 Å². The van der Waals surface area contributed by atoms with E-state index < -0.39 is 11.7 Å². The monoisotopic (exact) mass is 294 g/mol. The highest BCUT2D eigenvalue weighted by atomic mass is 19.4. The Kier molecular flexibility index (Phi) is 4.63. The number of benzene rings is 1. The number of alkyl halides is 3. The fourth-order valence-electron chi connectivity index (χ4n) is 2.27. The number of halogens is 3. The minimum absolute atomic E-state index is 0.0842. The van der Waals surface area contributed by atoms with Crippen molar-refractivity contribution in [3.05, 3.63) is 53.9 Å². The molecule has 0 radical (unpaired) electrons. The molecule has 0 saturated heterocycles. The van der Waals surface area contributed by atoms with Gasteiger partial charge in [-0.1, -0.05) is 25.1 Å². The van der Waals surface area contributed by atoms with Crippen LogP contribution < -0.4 is 5.32 Å². The van der Waals surface area contributed by atoms with Gasteiger partial charge in [-0.2, -0.15) is 13.2 Å². The molecule has 0 amide bonds. The highest BCUT2D eigenvalue weighted by Crippen LogP contribution is 2.36. The van der Waals surface area contributed by atoms with Crippen molar-refractivity contribution >= 4 is 0 Å². The molecule has 1 N–H and O–H groups in total. The van der Waals surface area contributed by atoms with Crippen molar-refractivity contribution in [1.29, 1.82) is 0 Å². The van der Waals surface area contributed by atoms with Gasteiger partial charge in [-0.15, -0.1) is 0 Å². The molecule has 2 aromatic rings. The topological polar surface area (TPSA) is 24.9 Å². The molecule has 0 spiro atoms. The molecular formula is C16H17F3N2. The molecule has 0 bridgehead atoms. The maximum atomic E-state index is 13.1. The Morgan fingerprint density at radius 2 is 2.00 bits per heavy atom. The zero-order valence-electron chi connectivity index (χ0n) is 11.9. The summed E-state index contributed by atoms with van der Waals surface area (Å²) < 4.78 is 39.2. The molecule has 0 saturated carbocycles. The fourth-order valence-corrected chi connectivity index (χ4v) is 2.27. The van der Waals surface area contributed by atoms with Crippen LogP contribution in [-0.2, 0) is 6.18 Å². The van der Waals surface area contributed by atoms with E-state index in [1.165, 1.54) is 6.20 Å². The third-order valence-electron chi connectivity index (χ3n) is 3.33. The largest absolute Gasteiger partial charge is 0.417 e. The average Bonchev–Trinajstić information content (AvgIpc) is 2.47. The summed E-state index contributed by atoms with van der Waals surface area (Å²) in [6, 6.07) is 8.22. The van der Waals surface area contributed by atoms with Crippen LogP contribution in [0.2, 0.25) is 0 Å². The molecule has 1 aromatic heterocycles. The zero-order valence-corrected chi connectivity index (χ0v) is 11.9. The SMILES string of the molecule is CCNC(C)c1cccc(-c2cnccc2C(F)(F)F)c1. The predicted molar refractivity (Wildman–Crippen MR) is 76.8 cm³/mol. The number of hydrogen-bond donors (Lipinski definition) is 1. The van der Waals surface area contributed by atoms with E-state index in [1.54, 1.807) is 18.2 Å². The lowest BCUT2D eigenvalue weighted by atomic mass is 9.98. The van der Waals surface area contributed by atoms with Crippen molar-refractivity contribution in [2.24, 2.45) is 0 Å². The molecule has 1 aromatic carbocycles. The number of pyridine rings is 1. The maximum absolute atomic E-state index is 13.1. The predicted octanol–water partition coefficient (Wildman–Crippen LogP) is 4.44. The van der Waals surface area contributed by atoms with Gasteiger partial charge in [0.25, 0.3) is 0 Å². The van der Waals surface area contributed by atoms with Crippen LogP contribution in [0.4, 0.5) is 13.2 Å². The first-order valence-corrected chi connectivity index (χ1v) is 6.78. The average molecular weight is 294 g/mol. The Bertz CT molecular complexity index is 608. The van der Waals surface area contributed by atoms with E-state index in [-0.39, 0.29) is 11.6 Å². The highest BCUT2D eigenvalue weighted by Gasteiger charge is 2.33. The second-order valence-corrected chi connectivity index (χ2v) is 4.82. The second kappa shape index (κ2) is 6.26. The lowest BCUT2D eigenvalue weighted by Crippen LogP contribution is -2.17. The first-order chi connectivity index (χ1) is 9.93. The summed E-state index contributed by atoms with van der Waals surface area (Å²) in [7, 11) is 0. The normalized spacial score (nSPS) is 13.2. The van der Waals surface area contributed by atoms with Crippen molar-refractivity contribution in [3.8, 4) is 11.1 Å². The molecule has 2 nitrogen and oxygen atoms in total. The smallest absolute Gasteiger partial charge is 0.310 e. The highest BCUT2D eigenvalue weighted by molar-refractivity contribution is 5.67. The van der Waals surface area contributed by atoms with Gasteiger partial charge >= 0.3 is 6.18 Å². The van der Waals surface area contributed by atoms with E-state index in [0.717, 1.165) is 24.4 Å². The number of rotatable bonds is 4. The quantitative estimate of drug-likeness (QED) is 0.902. The molecule has 0 aliphatic heterocycles. The molecule has 1 atom stereocenters. The van der Waals surface area contributed by atoms with Crippen molar-refractivity contribution in [2.75, 3.05) is 6.54 Å². The molecule has 1 unspecified atom stereocenters. The fraction of sp³-hybridized carbons (Fsp3) is 0.312. The van der Waals surface area contributed by atoms with Crippen LogP contribution in [0.3, 0.4) is 0 Å². The molecule has 5 heteroatoms. The Morgan fingerprint density at radius 3 is 2.67 bits per heavy atom. The first-order valence-electron chi connectivity index (χ1n) is 6.78. The molecule has 112 valence electrons. The second-order valence-electron chi connectivity index (χ2n) is 4.82. The van der Waals surface area contributed by atoms with Gasteiger partial charge in [0.2, 0.25) is 0 Å². The minimum atomic E-state index is -4.39. The van der Waals surface area contributed by atoms with Crippen molar-refractivity contribution < 1.29 is 13.2 Å². The van der Waals surface area contributed by atoms with Crippen LogP contribution in [0, 0.1) is 0 Å². The van der Waals surface area contributed by atoms with Crippen molar-refractivity contribution in [1.82, 2.24) is 10.3 Å². The number of hydrogen-bond acceptors (Lipinski definition) is 2. The first kappa shape index (κ1) is 15.5. The van der Waals surface area contributed by atoms with E-state index >= 15 is 0 Å². The molecule has 0 aliphatic carbocycles. The van der Waals surface area contributed by atoms with Crippen LogP contribution >= 0.6 is 0 Å². The van der Waals surface area contributed by atoms with Crippen LogP contribution in [0.25, 0.3) is 11.1 Å². The molecule has 2 rings (SSSR count). The van der Waals surface area contributed by atoms with Gasteiger partial charge in [0.05, 0.1) is 5.56 Å². The van der Waals surface area contributed by atoms with Gasteiger partial charge in [0, 0.05) is 24.0 Å². The van der Waals surface area contributed by atoms with Gasteiger partial charge in [-0.05, 0) is 36.7 Å². The Labute approximate surface area is 122 Å². The van der Waals surface area contributed by atoms with Crippen LogP contribution in [-0.4, -0.2) is 11.5 Å². The van der Waals surface area contributed by atoms with E-state index in [1.807, 2.05) is 19.9 Å². The summed E-state index contributed by atoms with van der Waals surface area (Å²) in [6.07, 6.45) is -1.96.